The summed E-state index contributed by atoms with van der Waals surface area (Å²) in [6.45, 7) is 4.83. The zero-order chi connectivity index (χ0) is 17.1. The van der Waals surface area contributed by atoms with E-state index in [0.717, 1.165) is 42.4 Å². The Morgan fingerprint density at radius 3 is 2.83 bits per heavy atom. The summed E-state index contributed by atoms with van der Waals surface area (Å²) in [6, 6.07) is 6.48. The van der Waals surface area contributed by atoms with E-state index >= 15 is 0 Å². The molecule has 1 aliphatic heterocycles. The number of likely N-dealkylation sites (tertiary alicyclic amines) is 1. The van der Waals surface area contributed by atoms with Gasteiger partial charge in [-0.3, -0.25) is 0 Å². The third kappa shape index (κ3) is 3.18. The molecule has 24 heavy (non-hydrogen) atoms. The maximum atomic E-state index is 5.60. The number of rotatable bonds is 6. The summed E-state index contributed by atoms with van der Waals surface area (Å²) < 4.78 is 15.6. The molecule has 1 saturated heterocycles. The molecule has 0 saturated carbocycles. The van der Waals surface area contributed by atoms with Crippen LogP contribution < -0.4 is 14.4 Å². The Hall–Kier alpha value is -1.86. The summed E-state index contributed by atoms with van der Waals surface area (Å²) in [5, 5.41) is 4.45. The van der Waals surface area contributed by atoms with Crippen molar-refractivity contribution in [3.63, 3.8) is 0 Å². The number of methoxy groups -OCH3 is 2. The third-order valence-electron chi connectivity index (χ3n) is 4.79. The Labute approximate surface area is 147 Å². The lowest BCUT2D eigenvalue weighted by atomic mass is 10.0. The fourth-order valence-corrected chi connectivity index (χ4v) is 3.76. The molecule has 2 aromatic rings. The highest BCUT2D eigenvalue weighted by Gasteiger charge is 2.33. The van der Waals surface area contributed by atoms with Gasteiger partial charge in [0, 0.05) is 25.5 Å². The van der Waals surface area contributed by atoms with Gasteiger partial charge < -0.3 is 18.9 Å². The van der Waals surface area contributed by atoms with Gasteiger partial charge in [-0.2, -0.15) is 9.78 Å². The van der Waals surface area contributed by atoms with Crippen LogP contribution in [0.2, 0.25) is 0 Å². The highest BCUT2D eigenvalue weighted by molar-refractivity contribution is 7.71. The summed E-state index contributed by atoms with van der Waals surface area (Å²) >= 11 is 5.50. The predicted octanol–water partition coefficient (Wildman–Crippen LogP) is 1.83. The lowest BCUT2D eigenvalue weighted by Gasteiger charge is -2.23. The maximum absolute atomic E-state index is 5.60. The summed E-state index contributed by atoms with van der Waals surface area (Å²) in [6.07, 6.45) is 4.15. The quantitative estimate of drug-likeness (QED) is 0.808. The normalized spacial score (nSPS) is 20.3. The van der Waals surface area contributed by atoms with E-state index in [1.165, 1.54) is 16.9 Å². The molecule has 0 radical (unpaired) electrons. The van der Waals surface area contributed by atoms with Gasteiger partial charge in [0.15, 0.2) is 6.67 Å². The van der Waals surface area contributed by atoms with E-state index in [1.54, 1.807) is 14.2 Å². The summed E-state index contributed by atoms with van der Waals surface area (Å²) in [7, 11) is 3.39. The minimum atomic E-state index is 0.388. The first-order chi connectivity index (χ1) is 11.7. The number of aryl methyl sites for hydroxylation is 1. The topological polar surface area (TPSA) is 45.7 Å². The number of quaternary nitrogens is 1. The second kappa shape index (κ2) is 7.36. The van der Waals surface area contributed by atoms with Crippen LogP contribution in [-0.4, -0.2) is 35.1 Å². The van der Waals surface area contributed by atoms with Crippen LogP contribution in [-0.2, 0) is 13.2 Å². The van der Waals surface area contributed by atoms with E-state index in [4.69, 9.17) is 21.7 Å². The number of aromatic nitrogens is 3. The van der Waals surface area contributed by atoms with Gasteiger partial charge in [-0.15, -0.1) is 0 Å². The molecule has 2 heterocycles. The lowest BCUT2D eigenvalue weighted by molar-refractivity contribution is -0.941. The van der Waals surface area contributed by atoms with Crippen molar-refractivity contribution in [3.05, 3.63) is 34.9 Å². The molecule has 130 valence electrons. The Kier molecular flexibility index (Phi) is 5.20. The largest absolute Gasteiger partial charge is 0.497 e. The van der Waals surface area contributed by atoms with E-state index in [1.807, 2.05) is 27.7 Å². The van der Waals surface area contributed by atoms with Gasteiger partial charge in [0.05, 0.1) is 26.3 Å². The van der Waals surface area contributed by atoms with E-state index in [-0.39, 0.29) is 0 Å². The standard InChI is InChI=1S/C17H24N4O2S/c1-4-19-11-18-21(17(19)24)12-20-9-5-6-15(20)14-8-7-13(22-2)10-16(14)23-3/h7-8,10-11,15H,4-6,9,12H2,1-3H3/p+1/t15-/m1/s1. The second-order valence-electron chi connectivity index (χ2n) is 6.07. The molecular formula is C17H25N4O2S+. The number of nitrogens with one attached hydrogen (secondary N) is 1. The fraction of sp³-hybridized carbons (Fsp3) is 0.529. The third-order valence-corrected chi connectivity index (χ3v) is 5.24. The number of benzene rings is 1. The molecule has 1 N–H and O–H groups in total. The highest BCUT2D eigenvalue weighted by atomic mass is 32.1. The van der Waals surface area contributed by atoms with E-state index in [0.29, 0.717) is 6.04 Å². The van der Waals surface area contributed by atoms with E-state index in [9.17, 15) is 0 Å². The molecule has 1 aromatic carbocycles. The molecule has 1 unspecified atom stereocenters. The minimum absolute atomic E-state index is 0.388. The van der Waals surface area contributed by atoms with Crippen molar-refractivity contribution in [2.75, 3.05) is 20.8 Å². The van der Waals surface area contributed by atoms with Crippen LogP contribution in [0, 0.1) is 4.77 Å². The molecule has 0 spiro atoms. The molecule has 1 aromatic heterocycles. The molecule has 0 amide bonds. The van der Waals surface area contributed by atoms with Crippen LogP contribution in [0.4, 0.5) is 0 Å². The van der Waals surface area contributed by atoms with Crippen LogP contribution in [0.15, 0.2) is 24.5 Å². The molecule has 1 aliphatic rings. The summed E-state index contributed by atoms with van der Waals surface area (Å²) in [4.78, 5) is 1.47. The first-order valence-corrected chi connectivity index (χ1v) is 8.77. The number of hydrogen-bond donors (Lipinski definition) is 1. The van der Waals surface area contributed by atoms with Gasteiger partial charge in [0.1, 0.15) is 23.9 Å². The predicted molar refractivity (Wildman–Crippen MR) is 94.1 cm³/mol. The first kappa shape index (κ1) is 17.0. The zero-order valence-electron chi connectivity index (χ0n) is 14.5. The molecular weight excluding hydrogens is 324 g/mol. The van der Waals surface area contributed by atoms with Gasteiger partial charge in [-0.05, 0) is 31.3 Å². The van der Waals surface area contributed by atoms with E-state index < -0.39 is 0 Å². The Bertz CT molecular complexity index is 755. The smallest absolute Gasteiger partial charge is 0.202 e. The fourth-order valence-electron chi connectivity index (χ4n) is 3.47. The molecule has 1 fully saturated rings. The van der Waals surface area contributed by atoms with Crippen LogP contribution in [0.5, 0.6) is 11.5 Å². The first-order valence-electron chi connectivity index (χ1n) is 8.36. The van der Waals surface area contributed by atoms with Crippen LogP contribution in [0.1, 0.15) is 31.4 Å². The van der Waals surface area contributed by atoms with Gasteiger partial charge in [0.2, 0.25) is 4.77 Å². The zero-order valence-corrected chi connectivity index (χ0v) is 15.3. The molecule has 6 nitrogen and oxygen atoms in total. The highest BCUT2D eigenvalue weighted by Crippen LogP contribution is 2.31. The Morgan fingerprint density at radius 2 is 2.17 bits per heavy atom. The molecule has 2 atom stereocenters. The minimum Gasteiger partial charge on any atom is -0.497 e. The van der Waals surface area contributed by atoms with Crippen molar-refractivity contribution >= 4 is 12.2 Å². The average Bonchev–Trinajstić information content (AvgIpc) is 3.21. The number of ether oxygens (including phenoxy) is 2. The van der Waals surface area contributed by atoms with Crippen molar-refractivity contribution in [1.82, 2.24) is 14.3 Å². The second-order valence-corrected chi connectivity index (χ2v) is 6.43. The van der Waals surface area contributed by atoms with Crippen LogP contribution in [0.3, 0.4) is 0 Å². The number of nitrogens with zero attached hydrogens (tertiary/aromatic N) is 3. The summed E-state index contributed by atoms with van der Waals surface area (Å²) in [5.41, 5.74) is 1.23. The Balaban J connectivity index is 1.85. The van der Waals surface area contributed by atoms with Crippen molar-refractivity contribution in [2.45, 2.75) is 39.0 Å². The maximum Gasteiger partial charge on any atom is 0.202 e. The molecule has 0 aliphatic carbocycles. The SMILES string of the molecule is CCn1cnn(C[NH+]2CCC[C@@H]2c2ccc(OC)cc2OC)c1=S. The van der Waals surface area contributed by atoms with Crippen LogP contribution in [0.25, 0.3) is 0 Å². The van der Waals surface area contributed by atoms with E-state index in [2.05, 4.69) is 18.1 Å². The molecule has 7 heteroatoms. The van der Waals surface area contributed by atoms with Crippen molar-refractivity contribution in [2.24, 2.45) is 0 Å². The van der Waals surface area contributed by atoms with Gasteiger partial charge in [-0.1, -0.05) is 0 Å². The monoisotopic (exact) mass is 349 g/mol. The average molecular weight is 349 g/mol. The van der Waals surface area contributed by atoms with Crippen LogP contribution >= 0.6 is 12.2 Å². The number of hydrogen-bond acceptors (Lipinski definition) is 4. The molecule has 0 bridgehead atoms. The molecule has 3 rings (SSSR count). The van der Waals surface area contributed by atoms with Crippen molar-refractivity contribution in [1.29, 1.82) is 0 Å². The summed E-state index contributed by atoms with van der Waals surface area (Å²) in [5.74, 6) is 1.71. The van der Waals surface area contributed by atoms with Crippen molar-refractivity contribution < 1.29 is 14.4 Å². The Morgan fingerprint density at radius 1 is 1.33 bits per heavy atom. The van der Waals surface area contributed by atoms with Crippen molar-refractivity contribution in [3.8, 4) is 11.5 Å². The van der Waals surface area contributed by atoms with Gasteiger partial charge in [-0.25, -0.2) is 0 Å². The van der Waals surface area contributed by atoms with Gasteiger partial charge >= 0.3 is 0 Å². The van der Waals surface area contributed by atoms with Gasteiger partial charge in [0.25, 0.3) is 0 Å². The lowest BCUT2D eigenvalue weighted by Crippen LogP contribution is -3.09.